The van der Waals surface area contributed by atoms with Crippen molar-refractivity contribution in [1.82, 2.24) is 9.97 Å². The van der Waals surface area contributed by atoms with Gasteiger partial charge in [-0.15, -0.1) is 0 Å². The number of nitrogens with zero attached hydrogens (tertiary/aromatic N) is 2. The van der Waals surface area contributed by atoms with Crippen LogP contribution in [0.25, 0.3) is 28.0 Å². The Balaban J connectivity index is 1.85. The summed E-state index contributed by atoms with van der Waals surface area (Å²) in [5.74, 6) is 0.788. The second-order valence-electron chi connectivity index (χ2n) is 6.01. The van der Waals surface area contributed by atoms with Gasteiger partial charge < -0.3 is 5.32 Å². The lowest BCUT2D eigenvalue weighted by molar-refractivity contribution is -0.117. The largest absolute Gasteiger partial charge is 0.310 e. The summed E-state index contributed by atoms with van der Waals surface area (Å²) in [5, 5.41) is 4.85. The van der Waals surface area contributed by atoms with Gasteiger partial charge in [0.2, 0.25) is 5.91 Å². The Hall–Kier alpha value is -3.01. The van der Waals surface area contributed by atoms with Crippen LogP contribution in [0, 0.1) is 5.92 Å². The molecule has 1 aromatic carbocycles. The molecule has 1 N–H and O–H groups in total. The molecule has 2 heterocycles. The summed E-state index contributed by atoms with van der Waals surface area (Å²) >= 11 is 0. The van der Waals surface area contributed by atoms with Crippen LogP contribution in [-0.2, 0) is 4.79 Å². The highest BCUT2D eigenvalue weighted by Crippen LogP contribution is 2.33. The molecule has 4 rings (SSSR count). The van der Waals surface area contributed by atoms with Gasteiger partial charge in [-0.25, -0.2) is 4.98 Å². The van der Waals surface area contributed by atoms with Crippen molar-refractivity contribution in [2.45, 2.75) is 12.8 Å². The predicted octanol–water partition coefficient (Wildman–Crippen LogP) is 4.29. The first-order chi connectivity index (χ1) is 11.8. The van der Waals surface area contributed by atoms with Gasteiger partial charge >= 0.3 is 0 Å². The van der Waals surface area contributed by atoms with Crippen molar-refractivity contribution in [1.29, 1.82) is 0 Å². The number of pyridine rings is 2. The van der Waals surface area contributed by atoms with Crippen molar-refractivity contribution >= 4 is 28.6 Å². The minimum Gasteiger partial charge on any atom is -0.310 e. The highest BCUT2D eigenvalue weighted by Gasteiger charge is 2.29. The molecule has 0 aliphatic heterocycles. The van der Waals surface area contributed by atoms with Gasteiger partial charge in [-0.3, -0.25) is 9.78 Å². The molecule has 1 aliphatic rings. The number of hydrogen-bond acceptors (Lipinski definition) is 3. The zero-order valence-corrected chi connectivity index (χ0v) is 13.2. The maximum absolute atomic E-state index is 12.0. The molecule has 1 fully saturated rings. The SMILES string of the molecule is C=Cc1ncc(-c2ccccc2)c2cc(NC(=O)C3CC3)ncc12. The van der Waals surface area contributed by atoms with Gasteiger partial charge in [0.15, 0.2) is 0 Å². The van der Waals surface area contributed by atoms with Gasteiger partial charge in [0.05, 0.1) is 5.69 Å². The van der Waals surface area contributed by atoms with E-state index < -0.39 is 0 Å². The molecule has 1 saturated carbocycles. The number of anilines is 1. The molecule has 2 aromatic heterocycles. The molecule has 0 radical (unpaired) electrons. The maximum atomic E-state index is 12.0. The number of benzene rings is 1. The molecule has 24 heavy (non-hydrogen) atoms. The van der Waals surface area contributed by atoms with Crippen LogP contribution in [0.1, 0.15) is 18.5 Å². The molecule has 0 bridgehead atoms. The molecule has 0 unspecified atom stereocenters. The van der Waals surface area contributed by atoms with E-state index in [1.165, 1.54) is 0 Å². The van der Waals surface area contributed by atoms with E-state index in [1.807, 2.05) is 42.6 Å². The van der Waals surface area contributed by atoms with Gasteiger partial charge in [-0.2, -0.15) is 0 Å². The van der Waals surface area contributed by atoms with E-state index in [0.29, 0.717) is 5.82 Å². The zero-order valence-electron chi connectivity index (χ0n) is 13.2. The molecule has 118 valence electrons. The second-order valence-corrected chi connectivity index (χ2v) is 6.01. The number of hydrogen-bond donors (Lipinski definition) is 1. The average molecular weight is 315 g/mol. The van der Waals surface area contributed by atoms with Crippen LogP contribution in [0.2, 0.25) is 0 Å². The molecule has 0 spiro atoms. The van der Waals surface area contributed by atoms with Crippen LogP contribution in [-0.4, -0.2) is 15.9 Å². The topological polar surface area (TPSA) is 54.9 Å². The Morgan fingerprint density at radius 1 is 1.12 bits per heavy atom. The summed E-state index contributed by atoms with van der Waals surface area (Å²) in [6, 6.07) is 12.0. The van der Waals surface area contributed by atoms with Gasteiger partial charge in [0.25, 0.3) is 0 Å². The molecule has 1 aliphatic carbocycles. The number of aromatic nitrogens is 2. The number of amides is 1. The lowest BCUT2D eigenvalue weighted by Gasteiger charge is -2.11. The summed E-state index contributed by atoms with van der Waals surface area (Å²) in [4.78, 5) is 20.9. The number of carbonyl (C=O) groups is 1. The summed E-state index contributed by atoms with van der Waals surface area (Å²) in [6.07, 6.45) is 7.27. The Morgan fingerprint density at radius 2 is 1.92 bits per heavy atom. The number of rotatable bonds is 4. The Kier molecular flexibility index (Phi) is 3.58. The Bertz CT molecular complexity index is 930. The molecular formula is C20H17N3O. The van der Waals surface area contributed by atoms with E-state index in [1.54, 1.807) is 12.3 Å². The lowest BCUT2D eigenvalue weighted by Crippen LogP contribution is -2.14. The third-order valence-electron chi connectivity index (χ3n) is 4.28. The highest BCUT2D eigenvalue weighted by atomic mass is 16.2. The van der Waals surface area contributed by atoms with Gasteiger partial charge in [-0.05, 0) is 35.9 Å². The molecule has 4 heteroatoms. The summed E-state index contributed by atoms with van der Waals surface area (Å²) < 4.78 is 0. The first-order valence-corrected chi connectivity index (χ1v) is 8.04. The first kappa shape index (κ1) is 14.6. The van der Waals surface area contributed by atoms with E-state index >= 15 is 0 Å². The standard InChI is InChI=1S/C20H17N3O/c1-2-18-17-12-22-19(23-20(24)14-8-9-14)10-15(17)16(11-21-18)13-6-4-3-5-7-13/h2-7,10-12,14H,1,8-9H2,(H,22,23,24). The van der Waals surface area contributed by atoms with Crippen LogP contribution in [0.5, 0.6) is 0 Å². The quantitative estimate of drug-likeness (QED) is 0.781. The maximum Gasteiger partial charge on any atom is 0.228 e. The highest BCUT2D eigenvalue weighted by molar-refractivity contribution is 6.02. The minimum atomic E-state index is 0.0566. The molecule has 0 saturated heterocycles. The van der Waals surface area contributed by atoms with E-state index in [9.17, 15) is 4.79 Å². The summed E-state index contributed by atoms with van der Waals surface area (Å²) in [6.45, 7) is 3.83. The van der Waals surface area contributed by atoms with E-state index in [-0.39, 0.29) is 11.8 Å². The first-order valence-electron chi connectivity index (χ1n) is 8.04. The Morgan fingerprint density at radius 3 is 2.62 bits per heavy atom. The molecule has 3 aromatic rings. The van der Waals surface area contributed by atoms with E-state index in [0.717, 1.165) is 40.4 Å². The van der Waals surface area contributed by atoms with Gasteiger partial charge in [0, 0.05) is 29.3 Å². The number of fused-ring (bicyclic) bond motifs is 1. The normalized spacial score (nSPS) is 13.7. The monoisotopic (exact) mass is 315 g/mol. The predicted molar refractivity (Wildman–Crippen MR) is 96.4 cm³/mol. The van der Waals surface area contributed by atoms with E-state index in [2.05, 4.69) is 21.9 Å². The van der Waals surface area contributed by atoms with Crippen LogP contribution in [0.15, 0.2) is 55.4 Å². The number of nitrogens with one attached hydrogen (secondary N) is 1. The van der Waals surface area contributed by atoms with Crippen molar-refractivity contribution in [3.63, 3.8) is 0 Å². The molecule has 0 atom stereocenters. The van der Waals surface area contributed by atoms with Crippen LogP contribution >= 0.6 is 0 Å². The minimum absolute atomic E-state index is 0.0566. The van der Waals surface area contributed by atoms with Crippen molar-refractivity contribution in [3.05, 3.63) is 61.1 Å². The zero-order chi connectivity index (χ0) is 16.5. The van der Waals surface area contributed by atoms with Crippen molar-refractivity contribution in [2.24, 2.45) is 5.92 Å². The lowest BCUT2D eigenvalue weighted by atomic mass is 10.0. The fraction of sp³-hybridized carbons (Fsp3) is 0.150. The molecule has 4 nitrogen and oxygen atoms in total. The third kappa shape index (κ3) is 2.67. The fourth-order valence-corrected chi connectivity index (χ4v) is 2.81. The third-order valence-corrected chi connectivity index (χ3v) is 4.28. The van der Waals surface area contributed by atoms with Crippen molar-refractivity contribution in [2.75, 3.05) is 5.32 Å². The summed E-state index contributed by atoms with van der Waals surface area (Å²) in [5.41, 5.74) is 2.88. The van der Waals surface area contributed by atoms with Gasteiger partial charge in [-0.1, -0.05) is 36.9 Å². The van der Waals surface area contributed by atoms with Crippen LogP contribution in [0.3, 0.4) is 0 Å². The van der Waals surface area contributed by atoms with Gasteiger partial charge in [0.1, 0.15) is 5.82 Å². The smallest absolute Gasteiger partial charge is 0.228 e. The molecular weight excluding hydrogens is 298 g/mol. The van der Waals surface area contributed by atoms with Crippen molar-refractivity contribution in [3.8, 4) is 11.1 Å². The van der Waals surface area contributed by atoms with Crippen LogP contribution in [0.4, 0.5) is 5.82 Å². The van der Waals surface area contributed by atoms with Crippen LogP contribution < -0.4 is 5.32 Å². The number of carbonyl (C=O) groups excluding carboxylic acids is 1. The molecule has 1 amide bonds. The van der Waals surface area contributed by atoms with Crippen molar-refractivity contribution < 1.29 is 4.79 Å². The average Bonchev–Trinajstić information content (AvgIpc) is 3.46. The summed E-state index contributed by atoms with van der Waals surface area (Å²) in [7, 11) is 0. The van der Waals surface area contributed by atoms with E-state index in [4.69, 9.17) is 0 Å². The fourth-order valence-electron chi connectivity index (χ4n) is 2.81. The Labute approximate surface area is 140 Å². The second kappa shape index (κ2) is 5.89.